The van der Waals surface area contributed by atoms with Gasteiger partial charge in [-0.15, -0.1) is 10.2 Å². The molecule has 0 aromatic carbocycles. The Labute approximate surface area is 239 Å². The first-order valence-corrected chi connectivity index (χ1v) is 15.4. The summed E-state index contributed by atoms with van der Waals surface area (Å²) in [5.74, 6) is 0.0979. The highest BCUT2D eigenvalue weighted by atomic mass is 35.5. The molecule has 1 aliphatic heterocycles. The van der Waals surface area contributed by atoms with Crippen molar-refractivity contribution >= 4 is 50.3 Å². The molecular weight excluding hydrogens is 588 g/mol. The second kappa shape index (κ2) is 10.0. The third-order valence-corrected chi connectivity index (χ3v) is 9.55. The van der Waals surface area contributed by atoms with Crippen LogP contribution in [0.5, 0.6) is 0 Å². The van der Waals surface area contributed by atoms with E-state index in [4.69, 9.17) is 16.3 Å². The van der Waals surface area contributed by atoms with Gasteiger partial charge in [-0.25, -0.2) is 31.7 Å². The van der Waals surface area contributed by atoms with Crippen LogP contribution in [0.1, 0.15) is 58.9 Å². The van der Waals surface area contributed by atoms with Crippen LogP contribution in [0, 0.1) is 0 Å². The molecule has 1 N–H and O–H groups in total. The van der Waals surface area contributed by atoms with E-state index in [0.29, 0.717) is 42.2 Å². The SMILES string of the molecule is C[C@@H]1CN(c2cc(S(=O)(=O)NC3(C)CC3)cn3c(-c4nnc(C(F)F)s4)nc(Cl)c23)CCN1C(=O)OC(C)(C)C. The Bertz CT molecular complexity index is 1570. The number of ether oxygens (including phenoxy) is 1. The smallest absolute Gasteiger partial charge is 0.410 e. The first-order valence-electron chi connectivity index (χ1n) is 12.7. The first kappa shape index (κ1) is 28.9. The minimum atomic E-state index is -3.97. The maximum atomic E-state index is 13.5. The number of hydrogen-bond donors (Lipinski definition) is 1. The normalized spacial score (nSPS) is 19.5. The number of pyridine rings is 1. The highest BCUT2D eigenvalue weighted by molar-refractivity contribution is 7.89. The number of piperazine rings is 1. The molecule has 11 nitrogen and oxygen atoms in total. The fourth-order valence-electron chi connectivity index (χ4n) is 4.52. The lowest BCUT2D eigenvalue weighted by Crippen LogP contribution is -2.55. The number of carbonyl (C=O) groups is 1. The fraction of sp³-hybridized carbons (Fsp3) is 0.583. The van der Waals surface area contributed by atoms with Crippen LogP contribution < -0.4 is 9.62 Å². The van der Waals surface area contributed by atoms with Gasteiger partial charge in [-0.2, -0.15) is 0 Å². The number of anilines is 1. The quantitative estimate of drug-likeness (QED) is 0.422. The van der Waals surface area contributed by atoms with Crippen molar-refractivity contribution in [2.45, 2.75) is 76.0 Å². The lowest BCUT2D eigenvalue weighted by atomic mass is 10.1. The molecule has 1 saturated carbocycles. The molecule has 0 bridgehead atoms. The van der Waals surface area contributed by atoms with Gasteiger partial charge in [0.15, 0.2) is 21.0 Å². The number of sulfonamides is 1. The van der Waals surface area contributed by atoms with Crippen molar-refractivity contribution in [1.29, 1.82) is 0 Å². The summed E-state index contributed by atoms with van der Waals surface area (Å²) in [4.78, 5) is 20.7. The van der Waals surface area contributed by atoms with Crippen LogP contribution in [0.15, 0.2) is 17.2 Å². The van der Waals surface area contributed by atoms with Crippen molar-refractivity contribution < 1.29 is 26.7 Å². The first-order chi connectivity index (χ1) is 18.6. The van der Waals surface area contributed by atoms with E-state index in [-0.39, 0.29) is 26.9 Å². The Kier molecular flexibility index (Phi) is 7.25. The lowest BCUT2D eigenvalue weighted by molar-refractivity contribution is 0.0159. The zero-order valence-electron chi connectivity index (χ0n) is 22.6. The summed E-state index contributed by atoms with van der Waals surface area (Å²) in [6.07, 6.45) is -0.446. The van der Waals surface area contributed by atoms with Crippen LogP contribution in [-0.4, -0.2) is 75.8 Å². The van der Waals surface area contributed by atoms with Crippen LogP contribution in [0.3, 0.4) is 0 Å². The van der Waals surface area contributed by atoms with Gasteiger partial charge in [-0.05, 0) is 53.5 Å². The molecule has 2 aliphatic rings. The Morgan fingerprint density at radius 1 is 1.27 bits per heavy atom. The minimum absolute atomic E-state index is 0.0423. The molecule has 1 amide bonds. The lowest BCUT2D eigenvalue weighted by Gasteiger charge is -2.41. The standard InChI is InChI=1S/C24H30ClF2N7O4S2/c1-13-11-32(8-9-33(13)22(35)38-23(2,3)4)15-10-14(40(36,37)31-24(5)6-7-24)12-34-16(15)17(25)28-19(34)21-30-29-20(39-21)18(26)27/h10,12-13,18,31H,6-9,11H2,1-5H3/t13-/m1/s1. The van der Waals surface area contributed by atoms with Gasteiger partial charge in [-0.1, -0.05) is 22.9 Å². The molecule has 40 heavy (non-hydrogen) atoms. The average molecular weight is 618 g/mol. The predicted octanol–water partition coefficient (Wildman–Crippen LogP) is 4.72. The summed E-state index contributed by atoms with van der Waals surface area (Å²) in [5, 5.41) is 7.03. The third kappa shape index (κ3) is 5.74. The zero-order chi connectivity index (χ0) is 29.2. The topological polar surface area (TPSA) is 122 Å². The molecule has 3 aromatic heterocycles. The number of fused-ring (bicyclic) bond motifs is 1. The summed E-state index contributed by atoms with van der Waals surface area (Å²) >= 11 is 7.25. The third-order valence-electron chi connectivity index (χ3n) is 6.75. The van der Waals surface area contributed by atoms with Crippen molar-refractivity contribution in [2.75, 3.05) is 24.5 Å². The van der Waals surface area contributed by atoms with Crippen molar-refractivity contribution in [3.63, 3.8) is 0 Å². The Hall–Kier alpha value is -2.62. The molecule has 0 radical (unpaired) electrons. The molecule has 16 heteroatoms. The van der Waals surface area contributed by atoms with Gasteiger partial charge >= 0.3 is 6.09 Å². The number of nitrogens with one attached hydrogen (secondary N) is 1. The number of alkyl halides is 2. The second-order valence-corrected chi connectivity index (χ2v) is 14.4. The van der Waals surface area contributed by atoms with Crippen molar-refractivity contribution in [3.8, 4) is 10.8 Å². The highest BCUT2D eigenvalue weighted by Gasteiger charge is 2.42. The molecule has 0 unspecified atom stereocenters. The summed E-state index contributed by atoms with van der Waals surface area (Å²) in [6, 6.07) is 1.26. The molecule has 5 rings (SSSR count). The van der Waals surface area contributed by atoms with Gasteiger partial charge in [0.2, 0.25) is 10.0 Å². The van der Waals surface area contributed by atoms with E-state index in [1.54, 1.807) is 25.7 Å². The van der Waals surface area contributed by atoms with E-state index >= 15 is 0 Å². The van der Waals surface area contributed by atoms with E-state index in [2.05, 4.69) is 19.9 Å². The van der Waals surface area contributed by atoms with Gasteiger partial charge in [0.1, 0.15) is 16.0 Å². The highest BCUT2D eigenvalue weighted by Crippen LogP contribution is 2.39. The molecular formula is C24H30ClF2N7O4S2. The minimum Gasteiger partial charge on any atom is -0.444 e. The maximum Gasteiger partial charge on any atom is 0.410 e. The summed E-state index contributed by atoms with van der Waals surface area (Å²) in [5.41, 5.74) is -0.311. The Morgan fingerprint density at radius 3 is 2.55 bits per heavy atom. The van der Waals surface area contributed by atoms with Crippen LogP contribution in [-0.2, 0) is 14.8 Å². The van der Waals surface area contributed by atoms with Crippen LogP contribution in [0.2, 0.25) is 5.15 Å². The largest absolute Gasteiger partial charge is 0.444 e. The van der Waals surface area contributed by atoms with Crippen molar-refractivity contribution in [3.05, 3.63) is 22.4 Å². The molecule has 218 valence electrons. The number of aromatic nitrogens is 4. The van der Waals surface area contributed by atoms with Crippen molar-refractivity contribution in [2.24, 2.45) is 0 Å². The van der Waals surface area contributed by atoms with Gasteiger partial charge < -0.3 is 14.5 Å². The van der Waals surface area contributed by atoms with Gasteiger partial charge in [0.05, 0.1) is 5.69 Å². The molecule has 4 heterocycles. The molecule has 2 fully saturated rings. The average Bonchev–Trinajstić information content (AvgIpc) is 3.23. The maximum absolute atomic E-state index is 13.5. The van der Waals surface area contributed by atoms with E-state index in [0.717, 1.165) is 12.8 Å². The van der Waals surface area contributed by atoms with E-state index in [1.165, 1.54) is 16.7 Å². The van der Waals surface area contributed by atoms with Gasteiger partial charge in [0.25, 0.3) is 6.43 Å². The number of carbonyl (C=O) groups excluding carboxylic acids is 1. The number of halogens is 3. The number of imidazole rings is 1. The molecule has 1 atom stereocenters. The van der Waals surface area contributed by atoms with Crippen LogP contribution in [0.4, 0.5) is 19.3 Å². The second-order valence-electron chi connectivity index (χ2n) is 11.4. The van der Waals surface area contributed by atoms with E-state index < -0.39 is 38.7 Å². The van der Waals surface area contributed by atoms with E-state index in [1.807, 2.05) is 18.7 Å². The number of amides is 1. The summed E-state index contributed by atoms with van der Waals surface area (Å²) in [7, 11) is -3.97. The molecule has 1 aliphatic carbocycles. The van der Waals surface area contributed by atoms with Crippen molar-refractivity contribution in [1.82, 2.24) is 29.2 Å². The number of hydrogen-bond acceptors (Lipinski definition) is 9. The molecule has 1 saturated heterocycles. The zero-order valence-corrected chi connectivity index (χ0v) is 25.0. The van der Waals surface area contributed by atoms with Gasteiger partial charge in [0, 0.05) is 37.4 Å². The number of rotatable bonds is 6. The predicted molar refractivity (Wildman–Crippen MR) is 147 cm³/mol. The monoisotopic (exact) mass is 617 g/mol. The Balaban J connectivity index is 1.58. The molecule has 0 spiro atoms. The van der Waals surface area contributed by atoms with Gasteiger partial charge in [-0.3, -0.25) is 4.40 Å². The summed E-state index contributed by atoms with van der Waals surface area (Å²) in [6.45, 7) is 10.1. The molecule has 3 aromatic rings. The number of nitrogens with zero attached hydrogens (tertiary/aromatic N) is 6. The Morgan fingerprint density at radius 2 is 1.98 bits per heavy atom. The summed E-state index contributed by atoms with van der Waals surface area (Å²) < 4.78 is 63.2. The van der Waals surface area contributed by atoms with Crippen LogP contribution in [0.25, 0.3) is 16.3 Å². The van der Waals surface area contributed by atoms with Crippen LogP contribution >= 0.6 is 22.9 Å². The fourth-order valence-corrected chi connectivity index (χ4v) is 6.96. The van der Waals surface area contributed by atoms with E-state index in [9.17, 15) is 22.0 Å².